The van der Waals surface area contributed by atoms with Crippen LogP contribution >= 0.6 is 23.2 Å². The van der Waals surface area contributed by atoms with Gasteiger partial charge in [-0.2, -0.15) is 0 Å². The maximum atomic E-state index is 6.17. The second-order valence-corrected chi connectivity index (χ2v) is 5.23. The van der Waals surface area contributed by atoms with E-state index in [1.165, 1.54) is 0 Å². The Labute approximate surface area is 120 Å². The number of aromatic nitrogens is 4. The summed E-state index contributed by atoms with van der Waals surface area (Å²) >= 11 is 12.2. The fourth-order valence-electron chi connectivity index (χ4n) is 1.88. The minimum atomic E-state index is -0.180. The van der Waals surface area contributed by atoms with E-state index < -0.39 is 0 Å². The minimum absolute atomic E-state index is 0.180. The molecule has 0 saturated heterocycles. The number of hydrogen-bond acceptors (Lipinski definition) is 3. The topological polar surface area (TPSA) is 43.6 Å². The van der Waals surface area contributed by atoms with E-state index in [-0.39, 0.29) is 5.38 Å². The van der Waals surface area contributed by atoms with Crippen LogP contribution in [-0.2, 0) is 0 Å². The number of fused-ring (bicyclic) bond motifs is 1. The summed E-state index contributed by atoms with van der Waals surface area (Å²) in [6.07, 6.45) is 3.53. The van der Waals surface area contributed by atoms with Gasteiger partial charge in [-0.1, -0.05) is 16.8 Å². The molecule has 19 heavy (non-hydrogen) atoms. The van der Waals surface area contributed by atoms with E-state index in [1.54, 1.807) is 17.1 Å². The van der Waals surface area contributed by atoms with Gasteiger partial charge in [0.15, 0.2) is 0 Å². The van der Waals surface area contributed by atoms with Crippen molar-refractivity contribution in [3.63, 3.8) is 0 Å². The van der Waals surface area contributed by atoms with Crippen molar-refractivity contribution in [2.75, 3.05) is 0 Å². The van der Waals surface area contributed by atoms with Crippen LogP contribution in [-0.4, -0.2) is 20.0 Å². The summed E-state index contributed by atoms with van der Waals surface area (Å²) in [4.78, 5) is 4.37. The van der Waals surface area contributed by atoms with Crippen molar-refractivity contribution in [3.8, 4) is 5.69 Å². The van der Waals surface area contributed by atoms with Gasteiger partial charge in [0.25, 0.3) is 0 Å². The molecule has 3 aromatic rings. The lowest BCUT2D eigenvalue weighted by molar-refractivity contribution is 0.799. The average molecular weight is 293 g/mol. The molecule has 0 bridgehead atoms. The van der Waals surface area contributed by atoms with Gasteiger partial charge in [-0.05, 0) is 31.2 Å². The van der Waals surface area contributed by atoms with E-state index >= 15 is 0 Å². The van der Waals surface area contributed by atoms with E-state index in [1.807, 2.05) is 31.2 Å². The molecule has 1 unspecified atom stereocenters. The smallest absolute Gasteiger partial charge is 0.101 e. The molecule has 0 spiro atoms. The first kappa shape index (κ1) is 12.4. The summed E-state index contributed by atoms with van der Waals surface area (Å²) in [6, 6.07) is 7.48. The van der Waals surface area contributed by atoms with Crippen LogP contribution in [0, 0.1) is 0 Å². The summed E-state index contributed by atoms with van der Waals surface area (Å²) in [6.45, 7) is 1.86. The average Bonchev–Trinajstić information content (AvgIpc) is 2.89. The van der Waals surface area contributed by atoms with Gasteiger partial charge in [-0.3, -0.25) is 4.98 Å². The lowest BCUT2D eigenvalue weighted by atomic mass is 10.2. The van der Waals surface area contributed by atoms with Crippen LogP contribution in [0.4, 0.5) is 0 Å². The molecule has 4 nitrogen and oxygen atoms in total. The standard InChI is InChI=1S/C13H10Cl2N4/c1-8(14)11-7-19(18-17-11)12-5-4-10(15)9-3-2-6-16-13(9)12/h2-8H,1H3. The lowest BCUT2D eigenvalue weighted by Gasteiger charge is -2.06. The molecule has 2 aromatic heterocycles. The van der Waals surface area contributed by atoms with Crippen molar-refractivity contribution in [2.45, 2.75) is 12.3 Å². The van der Waals surface area contributed by atoms with Crippen LogP contribution in [0.5, 0.6) is 0 Å². The fraction of sp³-hybridized carbons (Fsp3) is 0.154. The summed E-state index contributed by atoms with van der Waals surface area (Å²) in [5.74, 6) is 0. The SMILES string of the molecule is CC(Cl)c1cn(-c2ccc(Cl)c3cccnc23)nn1. The largest absolute Gasteiger partial charge is 0.254 e. The summed E-state index contributed by atoms with van der Waals surface area (Å²) in [7, 11) is 0. The van der Waals surface area contributed by atoms with Crippen molar-refractivity contribution in [1.82, 2.24) is 20.0 Å². The van der Waals surface area contributed by atoms with Crippen LogP contribution in [0.25, 0.3) is 16.6 Å². The second kappa shape index (κ2) is 4.79. The molecular formula is C13H10Cl2N4. The Morgan fingerprint density at radius 2 is 2.11 bits per heavy atom. The van der Waals surface area contributed by atoms with Gasteiger partial charge in [0.2, 0.25) is 0 Å². The van der Waals surface area contributed by atoms with Crippen molar-refractivity contribution in [1.29, 1.82) is 0 Å². The molecule has 0 aliphatic rings. The molecule has 6 heteroatoms. The summed E-state index contributed by atoms with van der Waals surface area (Å²) in [5, 5.41) is 9.50. The predicted octanol–water partition coefficient (Wildman–Crippen LogP) is 3.77. The Balaban J connectivity index is 2.22. The second-order valence-electron chi connectivity index (χ2n) is 4.17. The molecule has 0 N–H and O–H groups in total. The number of nitrogens with zero attached hydrogens (tertiary/aromatic N) is 4. The highest BCUT2D eigenvalue weighted by molar-refractivity contribution is 6.35. The Kier molecular flexibility index (Phi) is 3.12. The molecule has 1 aromatic carbocycles. The molecule has 0 fully saturated rings. The number of benzene rings is 1. The molecule has 0 saturated carbocycles. The monoisotopic (exact) mass is 292 g/mol. The zero-order chi connectivity index (χ0) is 13.4. The number of alkyl halides is 1. The normalized spacial score (nSPS) is 12.8. The van der Waals surface area contributed by atoms with Crippen LogP contribution in [0.2, 0.25) is 5.02 Å². The molecule has 1 atom stereocenters. The van der Waals surface area contributed by atoms with Crippen molar-refractivity contribution in [3.05, 3.63) is 47.4 Å². The molecule has 0 aliphatic heterocycles. The molecule has 0 radical (unpaired) electrons. The molecular weight excluding hydrogens is 283 g/mol. The van der Waals surface area contributed by atoms with Crippen LogP contribution < -0.4 is 0 Å². The van der Waals surface area contributed by atoms with Crippen LogP contribution in [0.15, 0.2) is 36.7 Å². The van der Waals surface area contributed by atoms with E-state index in [0.717, 1.165) is 22.3 Å². The molecule has 0 aliphatic carbocycles. The highest BCUT2D eigenvalue weighted by atomic mass is 35.5. The number of pyridine rings is 1. The van der Waals surface area contributed by atoms with Gasteiger partial charge in [-0.25, -0.2) is 4.68 Å². The number of hydrogen-bond donors (Lipinski definition) is 0. The Bertz CT molecular complexity index is 736. The van der Waals surface area contributed by atoms with Gasteiger partial charge in [0, 0.05) is 11.6 Å². The van der Waals surface area contributed by atoms with Gasteiger partial charge in [0.05, 0.1) is 27.8 Å². The quantitative estimate of drug-likeness (QED) is 0.675. The van der Waals surface area contributed by atoms with Gasteiger partial charge >= 0.3 is 0 Å². The fourth-order valence-corrected chi connectivity index (χ4v) is 2.20. The third-order valence-corrected chi connectivity index (χ3v) is 3.41. The zero-order valence-corrected chi connectivity index (χ0v) is 11.6. The van der Waals surface area contributed by atoms with E-state index in [2.05, 4.69) is 15.3 Å². The van der Waals surface area contributed by atoms with Crippen LogP contribution in [0.3, 0.4) is 0 Å². The first-order chi connectivity index (χ1) is 9.16. The number of rotatable bonds is 2. The highest BCUT2D eigenvalue weighted by Crippen LogP contribution is 2.27. The van der Waals surface area contributed by atoms with E-state index in [0.29, 0.717) is 5.02 Å². The lowest BCUT2D eigenvalue weighted by Crippen LogP contribution is -1.97. The minimum Gasteiger partial charge on any atom is -0.254 e. The maximum absolute atomic E-state index is 6.17. The Morgan fingerprint density at radius 1 is 1.26 bits per heavy atom. The van der Waals surface area contributed by atoms with Gasteiger partial charge in [-0.15, -0.1) is 16.7 Å². The predicted molar refractivity (Wildman–Crippen MR) is 75.9 cm³/mol. The highest BCUT2D eigenvalue weighted by Gasteiger charge is 2.11. The summed E-state index contributed by atoms with van der Waals surface area (Å²) in [5.41, 5.74) is 2.34. The van der Waals surface area contributed by atoms with E-state index in [4.69, 9.17) is 23.2 Å². The zero-order valence-electron chi connectivity index (χ0n) is 10.1. The third kappa shape index (κ3) is 2.17. The van der Waals surface area contributed by atoms with Gasteiger partial charge in [0.1, 0.15) is 5.69 Å². The molecule has 3 rings (SSSR count). The third-order valence-electron chi connectivity index (χ3n) is 2.86. The first-order valence-corrected chi connectivity index (χ1v) is 6.58. The molecule has 0 amide bonds. The maximum Gasteiger partial charge on any atom is 0.101 e. The molecule has 96 valence electrons. The van der Waals surface area contributed by atoms with E-state index in [9.17, 15) is 0 Å². The summed E-state index contributed by atoms with van der Waals surface area (Å²) < 4.78 is 1.67. The first-order valence-electron chi connectivity index (χ1n) is 5.77. The van der Waals surface area contributed by atoms with Crippen molar-refractivity contribution >= 4 is 34.1 Å². The Hall–Kier alpha value is -1.65. The number of halogens is 2. The van der Waals surface area contributed by atoms with Crippen LogP contribution in [0.1, 0.15) is 18.0 Å². The van der Waals surface area contributed by atoms with Gasteiger partial charge < -0.3 is 0 Å². The van der Waals surface area contributed by atoms with Crippen molar-refractivity contribution in [2.24, 2.45) is 0 Å². The van der Waals surface area contributed by atoms with Crippen molar-refractivity contribution < 1.29 is 0 Å². The Morgan fingerprint density at radius 3 is 2.84 bits per heavy atom. The molecule has 2 heterocycles.